The van der Waals surface area contributed by atoms with E-state index in [1.165, 1.54) is 0 Å². The van der Waals surface area contributed by atoms with E-state index in [9.17, 15) is 14.7 Å². The second-order valence-electron chi connectivity index (χ2n) is 9.95. The van der Waals surface area contributed by atoms with Crippen molar-refractivity contribution >= 4 is 22.6 Å². The van der Waals surface area contributed by atoms with Gasteiger partial charge in [-0.05, 0) is 64.5 Å². The molecule has 1 saturated carbocycles. The van der Waals surface area contributed by atoms with Crippen LogP contribution in [-0.2, 0) is 4.79 Å². The molecular formula is C28H32N4O5. The molecule has 2 amide bonds. The van der Waals surface area contributed by atoms with Crippen LogP contribution in [0.2, 0.25) is 0 Å². The quantitative estimate of drug-likeness (QED) is 0.577. The van der Waals surface area contributed by atoms with Crippen molar-refractivity contribution in [2.24, 2.45) is 5.73 Å². The molecule has 2 fully saturated rings. The first kappa shape index (κ1) is 26.2. The first-order valence-corrected chi connectivity index (χ1v) is 12.7. The van der Waals surface area contributed by atoms with E-state index in [-0.39, 0.29) is 30.1 Å². The Labute approximate surface area is 216 Å². The Hall–Kier alpha value is -3.82. The molecule has 0 spiro atoms. The molecule has 2 aromatic rings. The number of hydrogen-bond donors (Lipinski definition) is 2. The van der Waals surface area contributed by atoms with Crippen LogP contribution in [0.3, 0.4) is 0 Å². The third-order valence-corrected chi connectivity index (χ3v) is 6.68. The molecule has 9 nitrogen and oxygen atoms in total. The zero-order valence-electron chi connectivity index (χ0n) is 21.2. The number of piperidine rings is 1. The predicted octanol–water partition coefficient (Wildman–Crippen LogP) is 3.06. The van der Waals surface area contributed by atoms with Gasteiger partial charge in [-0.15, -0.1) is 0 Å². The monoisotopic (exact) mass is 504 g/mol. The fourth-order valence-corrected chi connectivity index (χ4v) is 4.85. The van der Waals surface area contributed by atoms with Crippen molar-refractivity contribution in [2.45, 2.75) is 76.6 Å². The summed E-state index contributed by atoms with van der Waals surface area (Å²) in [5.74, 6) is 5.85. The number of rotatable bonds is 6. The number of primary amides is 1. The van der Waals surface area contributed by atoms with E-state index in [1.54, 1.807) is 23.2 Å². The maximum absolute atomic E-state index is 12.3. The number of aromatic nitrogens is 1. The van der Waals surface area contributed by atoms with Crippen LogP contribution in [0.25, 0.3) is 10.8 Å². The van der Waals surface area contributed by atoms with E-state index in [1.807, 2.05) is 19.9 Å². The summed E-state index contributed by atoms with van der Waals surface area (Å²) in [6, 6.07) is 5.23. The molecule has 37 heavy (non-hydrogen) atoms. The fourth-order valence-electron chi connectivity index (χ4n) is 4.85. The fraction of sp³-hybridized carbons (Fsp3) is 0.500. The number of amides is 2. The van der Waals surface area contributed by atoms with E-state index in [0.29, 0.717) is 53.9 Å². The van der Waals surface area contributed by atoms with Gasteiger partial charge >= 0.3 is 0 Å². The molecule has 1 saturated heterocycles. The van der Waals surface area contributed by atoms with Crippen LogP contribution in [0.1, 0.15) is 74.7 Å². The molecule has 0 bridgehead atoms. The number of likely N-dealkylation sites (tertiary alicyclic amines) is 1. The molecule has 1 aliphatic heterocycles. The summed E-state index contributed by atoms with van der Waals surface area (Å²) in [6.07, 6.45) is 5.44. The van der Waals surface area contributed by atoms with Crippen LogP contribution in [0.4, 0.5) is 0 Å². The molecule has 0 unspecified atom stereocenters. The molecule has 0 radical (unpaired) electrons. The highest BCUT2D eigenvalue weighted by atomic mass is 16.5. The molecule has 1 aliphatic carbocycles. The van der Waals surface area contributed by atoms with Crippen molar-refractivity contribution in [3.05, 3.63) is 29.5 Å². The number of nitrogens with zero attached hydrogens (tertiary/aromatic N) is 3. The third kappa shape index (κ3) is 6.12. The van der Waals surface area contributed by atoms with E-state index >= 15 is 0 Å². The summed E-state index contributed by atoms with van der Waals surface area (Å²) < 4.78 is 12.2. The number of nitrogens with two attached hydrogens (primary N) is 1. The topological polar surface area (TPSA) is 139 Å². The number of benzene rings is 1. The Balaban J connectivity index is 1.76. The van der Waals surface area contributed by atoms with Gasteiger partial charge in [0.1, 0.15) is 23.9 Å². The Kier molecular flexibility index (Phi) is 7.85. The maximum Gasteiger partial charge on any atom is 0.252 e. The van der Waals surface area contributed by atoms with Crippen LogP contribution in [0.5, 0.6) is 11.6 Å². The summed E-state index contributed by atoms with van der Waals surface area (Å²) in [5.41, 5.74) is 5.40. The Morgan fingerprint density at radius 1 is 1.27 bits per heavy atom. The van der Waals surface area contributed by atoms with Crippen LogP contribution < -0.4 is 15.2 Å². The number of carbonyl (C=O) groups excluding carboxylic acids is 2. The Morgan fingerprint density at radius 2 is 2.03 bits per heavy atom. The molecule has 2 heterocycles. The smallest absolute Gasteiger partial charge is 0.252 e. The lowest BCUT2D eigenvalue weighted by atomic mass is 10.00. The van der Waals surface area contributed by atoms with E-state index in [0.717, 1.165) is 25.7 Å². The van der Waals surface area contributed by atoms with Gasteiger partial charge in [0.2, 0.25) is 11.8 Å². The maximum atomic E-state index is 12.3. The highest BCUT2D eigenvalue weighted by Gasteiger charge is 2.29. The minimum atomic E-state index is -1.03. The second kappa shape index (κ2) is 11.1. The van der Waals surface area contributed by atoms with Crippen LogP contribution in [0, 0.1) is 23.2 Å². The Bertz CT molecular complexity index is 1300. The molecule has 3 N–H and O–H groups in total. The predicted molar refractivity (Wildman–Crippen MR) is 137 cm³/mol. The molecule has 2 aliphatic rings. The zero-order valence-corrected chi connectivity index (χ0v) is 21.2. The van der Waals surface area contributed by atoms with Gasteiger partial charge in [0.05, 0.1) is 29.8 Å². The van der Waals surface area contributed by atoms with Gasteiger partial charge in [-0.3, -0.25) is 9.59 Å². The summed E-state index contributed by atoms with van der Waals surface area (Å²) in [7, 11) is 0. The number of carbonyl (C=O) groups is 2. The first-order valence-electron chi connectivity index (χ1n) is 12.7. The number of hydrogen-bond acceptors (Lipinski definition) is 7. The average Bonchev–Trinajstić information content (AvgIpc) is 3.29. The third-order valence-electron chi connectivity index (χ3n) is 6.68. The highest BCUT2D eigenvalue weighted by molar-refractivity contribution is 6.03. The molecule has 4 rings (SSSR count). The number of pyridine rings is 1. The summed E-state index contributed by atoms with van der Waals surface area (Å²) >= 11 is 0. The lowest BCUT2D eigenvalue weighted by Gasteiger charge is -2.32. The molecule has 1 aromatic heterocycles. The minimum Gasteiger partial charge on any atom is -0.490 e. The normalized spacial score (nSPS) is 18.7. The number of aliphatic hydroxyl groups is 1. The van der Waals surface area contributed by atoms with Crippen molar-refractivity contribution in [1.29, 1.82) is 5.26 Å². The van der Waals surface area contributed by atoms with Crippen molar-refractivity contribution in [1.82, 2.24) is 9.88 Å². The summed E-state index contributed by atoms with van der Waals surface area (Å²) in [4.78, 5) is 30.7. The summed E-state index contributed by atoms with van der Waals surface area (Å²) in [6.45, 7) is 4.64. The van der Waals surface area contributed by atoms with Gasteiger partial charge in [0.25, 0.3) is 5.91 Å². The van der Waals surface area contributed by atoms with Gasteiger partial charge in [-0.2, -0.15) is 5.26 Å². The SMILES string of the molecule is CC(C)Oc1cc2c(O[C@@H]3CCCN(C(=O)CC#N)C3)ncc(C#CC3(O)CCCC3)c2cc1C(N)=O. The van der Waals surface area contributed by atoms with Crippen molar-refractivity contribution < 1.29 is 24.2 Å². The molecule has 1 atom stereocenters. The number of ether oxygens (including phenoxy) is 2. The van der Waals surface area contributed by atoms with E-state index < -0.39 is 11.5 Å². The standard InChI is InChI=1S/C28H32N4O5/c1-18(2)36-24-15-22-21(14-23(24)26(30)34)19(7-11-28(35)9-3-4-10-28)16-31-27(22)37-20-6-5-13-32(17-20)25(33)8-12-29/h14-16,18,20,35H,3-6,8-10,13,17H2,1-2H3,(H2,30,34)/t20-/m1/s1. The molecular weight excluding hydrogens is 472 g/mol. The van der Waals surface area contributed by atoms with Crippen LogP contribution >= 0.6 is 0 Å². The van der Waals surface area contributed by atoms with Crippen molar-refractivity contribution in [3.63, 3.8) is 0 Å². The largest absolute Gasteiger partial charge is 0.490 e. The summed E-state index contributed by atoms with van der Waals surface area (Å²) in [5, 5.41) is 20.8. The van der Waals surface area contributed by atoms with Gasteiger partial charge in [0, 0.05) is 23.5 Å². The van der Waals surface area contributed by atoms with Crippen molar-refractivity contribution in [2.75, 3.05) is 13.1 Å². The van der Waals surface area contributed by atoms with Crippen LogP contribution in [0.15, 0.2) is 18.3 Å². The second-order valence-corrected chi connectivity index (χ2v) is 9.95. The van der Waals surface area contributed by atoms with Crippen molar-refractivity contribution in [3.8, 4) is 29.5 Å². The minimum absolute atomic E-state index is 0.167. The van der Waals surface area contributed by atoms with Crippen LogP contribution in [-0.4, -0.2) is 57.7 Å². The molecule has 194 valence electrons. The van der Waals surface area contributed by atoms with Gasteiger partial charge in [0.15, 0.2) is 0 Å². The Morgan fingerprint density at radius 3 is 2.70 bits per heavy atom. The molecule has 1 aromatic carbocycles. The number of nitriles is 1. The lowest BCUT2D eigenvalue weighted by molar-refractivity contribution is -0.132. The van der Waals surface area contributed by atoms with E-state index in [2.05, 4.69) is 16.8 Å². The number of fused-ring (bicyclic) bond motifs is 1. The zero-order chi connectivity index (χ0) is 26.6. The highest BCUT2D eigenvalue weighted by Crippen LogP contribution is 2.35. The van der Waals surface area contributed by atoms with Gasteiger partial charge in [-0.1, -0.05) is 11.8 Å². The van der Waals surface area contributed by atoms with Gasteiger partial charge in [-0.25, -0.2) is 4.98 Å². The lowest BCUT2D eigenvalue weighted by Crippen LogP contribution is -2.44. The molecule has 9 heteroatoms. The average molecular weight is 505 g/mol. The first-order chi connectivity index (χ1) is 17.7. The van der Waals surface area contributed by atoms with E-state index in [4.69, 9.17) is 20.5 Å². The van der Waals surface area contributed by atoms with Gasteiger partial charge < -0.3 is 25.2 Å².